The van der Waals surface area contributed by atoms with E-state index in [9.17, 15) is 0 Å². The van der Waals surface area contributed by atoms with E-state index < -0.39 is 0 Å². The van der Waals surface area contributed by atoms with Crippen LogP contribution in [0.5, 0.6) is 0 Å². The van der Waals surface area contributed by atoms with Gasteiger partial charge in [0.1, 0.15) is 0 Å². The van der Waals surface area contributed by atoms with E-state index in [1.54, 1.807) is 0 Å². The molecule has 0 heterocycles. The van der Waals surface area contributed by atoms with Crippen LogP contribution in [0.1, 0.15) is 9.30 Å². The van der Waals surface area contributed by atoms with Gasteiger partial charge in [-0.25, -0.2) is 0 Å². The summed E-state index contributed by atoms with van der Waals surface area (Å²) in [7, 11) is 0. The van der Waals surface area contributed by atoms with E-state index in [-0.39, 0.29) is 3.74 Å². The van der Waals surface area contributed by atoms with Gasteiger partial charge in [-0.3, -0.25) is 0 Å². The molecule has 0 spiro atoms. The molecule has 0 aliphatic heterocycles. The van der Waals surface area contributed by atoms with E-state index in [4.69, 9.17) is 11.6 Å². The van der Waals surface area contributed by atoms with E-state index >= 15 is 0 Å². The molecular weight excluding hydrogens is 351 g/mol. The molecule has 0 bridgehead atoms. The predicted molar refractivity (Wildman–Crippen MR) is 77.5 cm³/mol. The second-order valence-corrected chi connectivity index (χ2v) is 6.93. The normalized spacial score (nSPS) is 10.8. The molecule has 0 aromatic heterocycles. The van der Waals surface area contributed by atoms with Crippen molar-refractivity contribution in [3.63, 3.8) is 0 Å². The Morgan fingerprint density at radius 1 is 0.875 bits per heavy atom. The Morgan fingerprint density at radius 3 is 2.19 bits per heavy atom. The highest BCUT2D eigenvalue weighted by Crippen LogP contribution is 2.32. The number of alkyl halides is 2. The van der Waals surface area contributed by atoms with Crippen molar-refractivity contribution in [1.29, 1.82) is 0 Å². The molecule has 0 saturated carbocycles. The minimum Gasteiger partial charge on any atom is -0.0843 e. The third-order valence-electron chi connectivity index (χ3n) is 2.32. The first kappa shape index (κ1) is 12.2. The molecule has 0 fully saturated rings. The van der Waals surface area contributed by atoms with Gasteiger partial charge in [0.15, 0.2) is 0 Å². The van der Waals surface area contributed by atoms with Crippen LogP contribution in [0.25, 0.3) is 11.1 Å². The van der Waals surface area contributed by atoms with Gasteiger partial charge < -0.3 is 0 Å². The van der Waals surface area contributed by atoms with Crippen molar-refractivity contribution >= 4 is 43.5 Å². The summed E-state index contributed by atoms with van der Waals surface area (Å²) in [6, 6.07) is 16.2. The standard InChI is InChI=1S/C13H9Br2Cl/c14-13(15)11-3-1-2-10(8-11)9-4-6-12(16)7-5-9/h1-8,13H. The summed E-state index contributed by atoms with van der Waals surface area (Å²) in [5, 5.41) is 0.763. The number of hydrogen-bond donors (Lipinski definition) is 0. The maximum atomic E-state index is 5.87. The quantitative estimate of drug-likeness (QED) is 0.594. The van der Waals surface area contributed by atoms with Crippen molar-refractivity contribution in [3.05, 3.63) is 59.1 Å². The summed E-state index contributed by atoms with van der Waals surface area (Å²) >= 11 is 12.9. The van der Waals surface area contributed by atoms with Crippen LogP contribution in [0.4, 0.5) is 0 Å². The fourth-order valence-corrected chi connectivity index (χ4v) is 2.19. The van der Waals surface area contributed by atoms with Crippen LogP contribution in [0, 0.1) is 0 Å². The van der Waals surface area contributed by atoms with Gasteiger partial charge in [-0.2, -0.15) is 0 Å². The highest BCUT2D eigenvalue weighted by molar-refractivity contribution is 9.24. The first-order valence-corrected chi connectivity index (χ1v) is 7.02. The molecule has 2 aromatic rings. The zero-order chi connectivity index (χ0) is 11.5. The van der Waals surface area contributed by atoms with E-state index in [1.165, 1.54) is 16.7 Å². The van der Waals surface area contributed by atoms with Crippen molar-refractivity contribution in [3.8, 4) is 11.1 Å². The summed E-state index contributed by atoms with van der Waals surface area (Å²) in [4.78, 5) is 0. The summed E-state index contributed by atoms with van der Waals surface area (Å²) in [5.41, 5.74) is 3.57. The summed E-state index contributed by atoms with van der Waals surface area (Å²) < 4.78 is 0.187. The second-order valence-electron chi connectivity index (χ2n) is 3.43. The van der Waals surface area contributed by atoms with Crippen molar-refractivity contribution in [1.82, 2.24) is 0 Å². The number of halogens is 3. The van der Waals surface area contributed by atoms with Crippen LogP contribution >= 0.6 is 43.5 Å². The fourth-order valence-electron chi connectivity index (χ4n) is 1.50. The molecule has 0 amide bonds. The van der Waals surface area contributed by atoms with Gasteiger partial charge in [0, 0.05) is 5.02 Å². The lowest BCUT2D eigenvalue weighted by atomic mass is 10.0. The van der Waals surface area contributed by atoms with Gasteiger partial charge in [-0.05, 0) is 34.9 Å². The van der Waals surface area contributed by atoms with E-state index in [0.29, 0.717) is 0 Å². The maximum absolute atomic E-state index is 5.87. The fraction of sp³-hybridized carbons (Fsp3) is 0.0769. The van der Waals surface area contributed by atoms with Gasteiger partial charge in [0.2, 0.25) is 0 Å². The van der Waals surface area contributed by atoms with Crippen molar-refractivity contribution < 1.29 is 0 Å². The predicted octanol–water partition coefficient (Wildman–Crippen LogP) is 5.80. The van der Waals surface area contributed by atoms with Crippen molar-refractivity contribution in [2.75, 3.05) is 0 Å². The Hall–Kier alpha value is -0.310. The molecule has 0 aliphatic carbocycles. The average Bonchev–Trinajstić information content (AvgIpc) is 2.30. The van der Waals surface area contributed by atoms with Gasteiger partial charge >= 0.3 is 0 Å². The average molecular weight is 360 g/mol. The minimum atomic E-state index is 0.187. The summed E-state index contributed by atoms with van der Waals surface area (Å²) in [6.07, 6.45) is 0. The van der Waals surface area contributed by atoms with E-state index in [1.807, 2.05) is 24.3 Å². The Morgan fingerprint density at radius 2 is 1.56 bits per heavy atom. The largest absolute Gasteiger partial charge is 0.0946 e. The Labute approximate surface area is 117 Å². The topological polar surface area (TPSA) is 0 Å². The molecule has 0 nitrogen and oxygen atoms in total. The molecule has 0 aliphatic rings. The third kappa shape index (κ3) is 2.88. The number of rotatable bonds is 2. The van der Waals surface area contributed by atoms with Crippen LogP contribution in [0.15, 0.2) is 48.5 Å². The second kappa shape index (κ2) is 5.35. The molecule has 0 N–H and O–H groups in total. The monoisotopic (exact) mass is 358 g/mol. The third-order valence-corrected chi connectivity index (χ3v) is 3.63. The first-order valence-electron chi connectivity index (χ1n) is 4.81. The van der Waals surface area contributed by atoms with Crippen LogP contribution in [0.3, 0.4) is 0 Å². The smallest absolute Gasteiger partial charge is 0.0843 e. The van der Waals surface area contributed by atoms with Gasteiger partial charge in [0.05, 0.1) is 3.74 Å². The molecule has 82 valence electrons. The molecule has 0 saturated heterocycles. The molecule has 2 rings (SSSR count). The molecule has 0 atom stereocenters. The van der Waals surface area contributed by atoms with Crippen molar-refractivity contribution in [2.24, 2.45) is 0 Å². The van der Waals surface area contributed by atoms with Crippen LogP contribution < -0.4 is 0 Å². The SMILES string of the molecule is Clc1ccc(-c2cccc(C(Br)Br)c2)cc1. The van der Waals surface area contributed by atoms with Crippen molar-refractivity contribution in [2.45, 2.75) is 3.74 Å². The van der Waals surface area contributed by atoms with Gasteiger partial charge in [-0.15, -0.1) is 0 Å². The minimum absolute atomic E-state index is 0.187. The Bertz CT molecular complexity index is 478. The van der Waals surface area contributed by atoms with Crippen LogP contribution in [-0.2, 0) is 0 Å². The highest BCUT2D eigenvalue weighted by atomic mass is 79.9. The molecule has 16 heavy (non-hydrogen) atoms. The van der Waals surface area contributed by atoms with E-state index in [2.05, 4.69) is 56.1 Å². The maximum Gasteiger partial charge on any atom is 0.0946 e. The Balaban J connectivity index is 2.40. The Kier molecular flexibility index (Phi) is 4.06. The van der Waals surface area contributed by atoms with Crippen LogP contribution in [0.2, 0.25) is 5.02 Å². The van der Waals surface area contributed by atoms with Crippen LogP contribution in [-0.4, -0.2) is 0 Å². The summed E-state index contributed by atoms with van der Waals surface area (Å²) in [5.74, 6) is 0. The molecular formula is C13H9Br2Cl. The zero-order valence-electron chi connectivity index (χ0n) is 8.33. The molecule has 0 unspecified atom stereocenters. The molecule has 0 radical (unpaired) electrons. The highest BCUT2D eigenvalue weighted by Gasteiger charge is 2.04. The molecule has 3 heteroatoms. The lowest BCUT2D eigenvalue weighted by Crippen LogP contribution is -1.83. The zero-order valence-corrected chi connectivity index (χ0v) is 12.3. The van der Waals surface area contributed by atoms with Gasteiger partial charge in [0.25, 0.3) is 0 Å². The first-order chi connectivity index (χ1) is 7.66. The lowest BCUT2D eigenvalue weighted by Gasteiger charge is -2.06. The van der Waals surface area contributed by atoms with Gasteiger partial charge in [-0.1, -0.05) is 73.8 Å². The van der Waals surface area contributed by atoms with E-state index in [0.717, 1.165) is 5.02 Å². The molecule has 2 aromatic carbocycles. The number of benzene rings is 2. The lowest BCUT2D eigenvalue weighted by molar-refractivity contribution is 1.42. The summed E-state index contributed by atoms with van der Waals surface area (Å²) in [6.45, 7) is 0. The number of hydrogen-bond acceptors (Lipinski definition) is 0.